The summed E-state index contributed by atoms with van der Waals surface area (Å²) >= 11 is 2.35. The lowest BCUT2D eigenvalue weighted by atomic mass is 10.1. The van der Waals surface area contributed by atoms with Crippen LogP contribution < -0.4 is 5.73 Å². The van der Waals surface area contributed by atoms with Crippen LogP contribution in [0.1, 0.15) is 17.5 Å². The molecule has 58 valence electrons. The number of rotatable bonds is 0. The molecule has 0 aromatic heterocycles. The Balaban J connectivity index is 2.62. The Morgan fingerprint density at radius 3 is 2.91 bits per heavy atom. The van der Waals surface area contributed by atoms with E-state index in [4.69, 9.17) is 5.73 Å². The van der Waals surface area contributed by atoms with E-state index < -0.39 is 0 Å². The largest absolute Gasteiger partial charge is 0.398 e. The van der Waals surface area contributed by atoms with Crippen molar-refractivity contribution in [3.8, 4) is 0 Å². The van der Waals surface area contributed by atoms with Gasteiger partial charge in [-0.1, -0.05) is 6.07 Å². The summed E-state index contributed by atoms with van der Waals surface area (Å²) in [7, 11) is 0. The number of anilines is 1. The summed E-state index contributed by atoms with van der Waals surface area (Å²) in [6.45, 7) is 0. The predicted molar refractivity (Wildman–Crippen MR) is 55.6 cm³/mol. The van der Waals surface area contributed by atoms with Crippen LogP contribution in [0.4, 0.5) is 5.69 Å². The zero-order valence-electron chi connectivity index (χ0n) is 6.23. The highest BCUT2D eigenvalue weighted by Crippen LogP contribution is 2.29. The van der Waals surface area contributed by atoms with Crippen molar-refractivity contribution in [1.82, 2.24) is 0 Å². The second kappa shape index (κ2) is 2.66. The van der Waals surface area contributed by atoms with Crippen molar-refractivity contribution in [2.24, 2.45) is 0 Å². The lowest BCUT2D eigenvalue weighted by Gasteiger charge is -2.04. The van der Waals surface area contributed by atoms with E-state index in [2.05, 4.69) is 28.7 Å². The average Bonchev–Trinajstić information content (AvgIpc) is 2.45. The molecular weight excluding hydrogens is 249 g/mol. The van der Waals surface area contributed by atoms with Crippen LogP contribution in [0.15, 0.2) is 12.1 Å². The third kappa shape index (κ3) is 1.13. The van der Waals surface area contributed by atoms with Gasteiger partial charge in [-0.2, -0.15) is 0 Å². The van der Waals surface area contributed by atoms with Crippen LogP contribution in [0.25, 0.3) is 0 Å². The summed E-state index contributed by atoms with van der Waals surface area (Å²) < 4.78 is 1.28. The molecule has 1 aromatic carbocycles. The first-order chi connectivity index (χ1) is 5.29. The molecule has 11 heavy (non-hydrogen) atoms. The summed E-state index contributed by atoms with van der Waals surface area (Å²) in [6.07, 6.45) is 3.76. The molecule has 2 rings (SSSR count). The third-order valence-corrected chi connectivity index (χ3v) is 3.52. The summed E-state index contributed by atoms with van der Waals surface area (Å²) in [5.41, 5.74) is 9.72. The molecule has 0 saturated carbocycles. The second-order valence-electron chi connectivity index (χ2n) is 2.96. The quantitative estimate of drug-likeness (QED) is 0.561. The molecule has 0 fully saturated rings. The smallest absolute Gasteiger partial charge is 0.0452 e. The first kappa shape index (κ1) is 7.40. The Morgan fingerprint density at radius 1 is 1.27 bits per heavy atom. The predicted octanol–water partition coefficient (Wildman–Crippen LogP) is 2.36. The van der Waals surface area contributed by atoms with E-state index in [0.29, 0.717) is 0 Å². The number of hydrogen-bond donors (Lipinski definition) is 1. The van der Waals surface area contributed by atoms with Crippen LogP contribution in [0.5, 0.6) is 0 Å². The summed E-state index contributed by atoms with van der Waals surface area (Å²) in [4.78, 5) is 0. The highest BCUT2D eigenvalue weighted by Gasteiger charge is 2.14. The highest BCUT2D eigenvalue weighted by atomic mass is 127. The first-order valence-electron chi connectivity index (χ1n) is 3.85. The normalized spacial score (nSPS) is 15.0. The monoisotopic (exact) mass is 259 g/mol. The summed E-state index contributed by atoms with van der Waals surface area (Å²) in [6, 6.07) is 4.19. The van der Waals surface area contributed by atoms with E-state index >= 15 is 0 Å². The van der Waals surface area contributed by atoms with Gasteiger partial charge in [0.2, 0.25) is 0 Å². The summed E-state index contributed by atoms with van der Waals surface area (Å²) in [5.74, 6) is 0. The molecule has 1 nitrogen and oxygen atoms in total. The number of aryl methyl sites for hydroxylation is 1. The van der Waals surface area contributed by atoms with Gasteiger partial charge in [0.15, 0.2) is 0 Å². The average molecular weight is 259 g/mol. The number of nitrogen functional groups attached to an aromatic ring is 1. The summed E-state index contributed by atoms with van der Waals surface area (Å²) in [5, 5.41) is 0. The van der Waals surface area contributed by atoms with Gasteiger partial charge in [0.1, 0.15) is 0 Å². The van der Waals surface area contributed by atoms with E-state index in [1.165, 1.54) is 34.0 Å². The van der Waals surface area contributed by atoms with Crippen molar-refractivity contribution in [3.63, 3.8) is 0 Å². The van der Waals surface area contributed by atoms with Gasteiger partial charge in [-0.25, -0.2) is 0 Å². The Bertz CT molecular complexity index is 294. The molecular formula is C9H10IN. The van der Waals surface area contributed by atoms with Crippen LogP contribution in [-0.2, 0) is 12.8 Å². The Hall–Kier alpha value is -0.250. The lowest BCUT2D eigenvalue weighted by molar-refractivity contribution is 0.910. The van der Waals surface area contributed by atoms with E-state index in [9.17, 15) is 0 Å². The molecule has 1 aromatic rings. The molecule has 0 saturated heterocycles. The number of hydrogen-bond acceptors (Lipinski definition) is 1. The minimum absolute atomic E-state index is 0.936. The van der Waals surface area contributed by atoms with Gasteiger partial charge >= 0.3 is 0 Å². The Labute approximate surface area is 80.1 Å². The fraction of sp³-hybridized carbons (Fsp3) is 0.333. The van der Waals surface area contributed by atoms with Crippen molar-refractivity contribution < 1.29 is 0 Å². The van der Waals surface area contributed by atoms with E-state index in [0.717, 1.165) is 5.69 Å². The van der Waals surface area contributed by atoms with Crippen molar-refractivity contribution in [2.45, 2.75) is 19.3 Å². The second-order valence-corrected chi connectivity index (χ2v) is 4.04. The maximum atomic E-state index is 5.79. The molecule has 0 heterocycles. The topological polar surface area (TPSA) is 26.0 Å². The Morgan fingerprint density at radius 2 is 2.09 bits per heavy atom. The van der Waals surface area contributed by atoms with Crippen LogP contribution in [0, 0.1) is 3.57 Å². The van der Waals surface area contributed by atoms with Gasteiger partial charge in [0.25, 0.3) is 0 Å². The molecule has 1 aliphatic carbocycles. The Kier molecular flexibility index (Phi) is 1.79. The molecule has 1 aliphatic rings. The van der Waals surface area contributed by atoms with Crippen molar-refractivity contribution >= 4 is 28.3 Å². The molecule has 0 bridgehead atoms. The molecule has 0 aliphatic heterocycles. The van der Waals surface area contributed by atoms with Crippen molar-refractivity contribution in [2.75, 3.05) is 5.73 Å². The van der Waals surface area contributed by atoms with Gasteiger partial charge in [-0.05, 0) is 59.0 Å². The van der Waals surface area contributed by atoms with Crippen LogP contribution in [-0.4, -0.2) is 0 Å². The van der Waals surface area contributed by atoms with Gasteiger partial charge in [0, 0.05) is 9.26 Å². The lowest BCUT2D eigenvalue weighted by Crippen LogP contribution is -1.94. The van der Waals surface area contributed by atoms with Crippen molar-refractivity contribution in [3.05, 3.63) is 26.8 Å². The van der Waals surface area contributed by atoms with E-state index in [1.807, 2.05) is 6.07 Å². The van der Waals surface area contributed by atoms with Crippen molar-refractivity contribution in [1.29, 1.82) is 0 Å². The van der Waals surface area contributed by atoms with Gasteiger partial charge in [0.05, 0.1) is 0 Å². The van der Waals surface area contributed by atoms with Crippen LogP contribution in [0.2, 0.25) is 0 Å². The highest BCUT2D eigenvalue weighted by molar-refractivity contribution is 14.1. The first-order valence-corrected chi connectivity index (χ1v) is 4.92. The molecule has 2 N–H and O–H groups in total. The fourth-order valence-electron chi connectivity index (χ4n) is 1.64. The van der Waals surface area contributed by atoms with Crippen LogP contribution in [0.3, 0.4) is 0 Å². The van der Waals surface area contributed by atoms with E-state index in [1.54, 1.807) is 0 Å². The minimum atomic E-state index is 0.936. The minimum Gasteiger partial charge on any atom is -0.398 e. The number of nitrogens with two attached hydrogens (primary N) is 1. The number of halogens is 1. The molecule has 0 atom stereocenters. The van der Waals surface area contributed by atoms with E-state index in [-0.39, 0.29) is 0 Å². The standard InChI is InChI=1S/C9H10IN/c10-9-7-3-1-2-6(7)4-5-8(9)11/h4-5H,1-3,11H2. The van der Waals surface area contributed by atoms with Gasteiger partial charge in [-0.3, -0.25) is 0 Å². The zero-order valence-corrected chi connectivity index (χ0v) is 8.39. The van der Waals surface area contributed by atoms with Gasteiger partial charge in [-0.15, -0.1) is 0 Å². The maximum Gasteiger partial charge on any atom is 0.0452 e. The molecule has 2 heteroatoms. The van der Waals surface area contributed by atoms with Crippen LogP contribution >= 0.6 is 22.6 Å². The van der Waals surface area contributed by atoms with Gasteiger partial charge < -0.3 is 5.73 Å². The number of fused-ring (bicyclic) bond motifs is 1. The molecule has 0 radical (unpaired) electrons. The SMILES string of the molecule is Nc1ccc2c(c1I)CCC2. The molecule has 0 spiro atoms. The number of benzene rings is 1. The third-order valence-electron chi connectivity index (χ3n) is 2.24. The fourth-order valence-corrected chi connectivity index (χ4v) is 2.44. The molecule has 0 unspecified atom stereocenters. The zero-order chi connectivity index (χ0) is 7.84. The maximum absolute atomic E-state index is 5.79. The molecule has 0 amide bonds.